The maximum Gasteiger partial charge on any atom is 0.360 e. The third-order valence-electron chi connectivity index (χ3n) is 4.14. The molecule has 2 aromatic heterocycles. The van der Waals surface area contributed by atoms with Gasteiger partial charge in [-0.25, -0.2) is 14.8 Å². The molecule has 0 unspecified atom stereocenters. The molecule has 1 N–H and O–H groups in total. The zero-order valence-corrected chi connectivity index (χ0v) is 13.4. The maximum absolute atomic E-state index is 11.6. The number of fused-ring (bicyclic) bond motifs is 2. The van der Waals surface area contributed by atoms with Crippen molar-refractivity contribution in [1.82, 2.24) is 9.97 Å². The minimum Gasteiger partial charge on any atom is -0.505 e. The number of pyridine rings is 2. The van der Waals surface area contributed by atoms with E-state index in [9.17, 15) is 9.90 Å². The Balaban J connectivity index is 1.84. The second kappa shape index (κ2) is 5.87. The molecule has 25 heavy (non-hydrogen) atoms. The van der Waals surface area contributed by atoms with Crippen LogP contribution in [0.3, 0.4) is 0 Å². The monoisotopic (exact) mass is 330 g/mol. The number of carbonyl (C=O) groups excluding carboxylic acids is 1. The van der Waals surface area contributed by atoms with Gasteiger partial charge in [-0.3, -0.25) is 0 Å². The number of rotatable bonds is 2. The van der Waals surface area contributed by atoms with Crippen molar-refractivity contribution in [3.63, 3.8) is 0 Å². The summed E-state index contributed by atoms with van der Waals surface area (Å²) in [6.07, 6.45) is 1.46. The molecule has 2 heterocycles. The summed E-state index contributed by atoms with van der Waals surface area (Å²) in [4.78, 5) is 20.2. The van der Waals surface area contributed by atoms with Gasteiger partial charge in [0.05, 0.1) is 24.5 Å². The largest absolute Gasteiger partial charge is 0.505 e. The van der Waals surface area contributed by atoms with Crippen LogP contribution in [0.5, 0.6) is 5.75 Å². The molecule has 5 nitrogen and oxygen atoms in total. The highest BCUT2D eigenvalue weighted by atomic mass is 16.5. The third-order valence-corrected chi connectivity index (χ3v) is 4.14. The van der Waals surface area contributed by atoms with Crippen molar-refractivity contribution in [3.05, 3.63) is 66.5 Å². The Kier molecular flexibility index (Phi) is 3.54. The summed E-state index contributed by atoms with van der Waals surface area (Å²) in [5, 5.41) is 13.0. The molecule has 0 bridgehead atoms. The normalized spacial score (nSPS) is 10.9. The van der Waals surface area contributed by atoms with Gasteiger partial charge >= 0.3 is 5.97 Å². The van der Waals surface area contributed by atoms with Crippen molar-refractivity contribution in [2.75, 3.05) is 7.11 Å². The van der Waals surface area contributed by atoms with E-state index in [2.05, 4.69) is 32.9 Å². The molecule has 0 radical (unpaired) electrons. The zero-order chi connectivity index (χ0) is 17.4. The van der Waals surface area contributed by atoms with Gasteiger partial charge in [0.1, 0.15) is 0 Å². The molecule has 0 saturated heterocycles. The average Bonchev–Trinajstić information content (AvgIpc) is 2.67. The highest BCUT2D eigenvalue weighted by Crippen LogP contribution is 2.30. The van der Waals surface area contributed by atoms with Gasteiger partial charge in [-0.05, 0) is 29.0 Å². The Hall–Kier alpha value is -3.47. The van der Waals surface area contributed by atoms with E-state index in [-0.39, 0.29) is 11.4 Å². The number of esters is 1. The van der Waals surface area contributed by atoms with Crippen molar-refractivity contribution in [3.8, 4) is 17.0 Å². The van der Waals surface area contributed by atoms with Crippen molar-refractivity contribution < 1.29 is 14.6 Å². The minimum absolute atomic E-state index is 0.116. The predicted molar refractivity (Wildman–Crippen MR) is 95.5 cm³/mol. The summed E-state index contributed by atoms with van der Waals surface area (Å²) in [5.41, 5.74) is 2.13. The summed E-state index contributed by atoms with van der Waals surface area (Å²) in [7, 11) is 1.24. The summed E-state index contributed by atoms with van der Waals surface area (Å²) in [6, 6.07) is 17.8. The Morgan fingerprint density at radius 3 is 2.64 bits per heavy atom. The van der Waals surface area contributed by atoms with Gasteiger partial charge in [-0.15, -0.1) is 0 Å². The zero-order valence-electron chi connectivity index (χ0n) is 13.4. The van der Waals surface area contributed by atoms with Crippen molar-refractivity contribution in [1.29, 1.82) is 0 Å². The van der Waals surface area contributed by atoms with Crippen molar-refractivity contribution >= 4 is 27.6 Å². The van der Waals surface area contributed by atoms with Crippen LogP contribution < -0.4 is 0 Å². The van der Waals surface area contributed by atoms with E-state index in [0.717, 1.165) is 22.0 Å². The molecule has 0 spiro atoms. The number of hydrogen-bond acceptors (Lipinski definition) is 5. The molecule has 0 aliphatic carbocycles. The number of hydrogen-bond donors (Lipinski definition) is 1. The fraction of sp³-hybridized carbons (Fsp3) is 0.0500. The molecule has 5 heteroatoms. The lowest BCUT2D eigenvalue weighted by molar-refractivity contribution is 0.0591. The van der Waals surface area contributed by atoms with Crippen LogP contribution in [0.25, 0.3) is 32.9 Å². The second-order valence-electron chi connectivity index (χ2n) is 5.64. The lowest BCUT2D eigenvalue weighted by Crippen LogP contribution is -2.05. The van der Waals surface area contributed by atoms with Crippen LogP contribution in [0.2, 0.25) is 0 Å². The Morgan fingerprint density at radius 2 is 1.84 bits per heavy atom. The number of carbonyl (C=O) groups is 1. The van der Waals surface area contributed by atoms with Gasteiger partial charge in [0.2, 0.25) is 0 Å². The topological polar surface area (TPSA) is 72.3 Å². The summed E-state index contributed by atoms with van der Waals surface area (Å²) >= 11 is 0. The Labute approximate surface area is 143 Å². The minimum atomic E-state index is -0.682. The molecule has 122 valence electrons. The summed E-state index contributed by atoms with van der Waals surface area (Å²) in [5.74, 6) is -0.903. The number of benzene rings is 2. The molecule has 0 saturated carbocycles. The van der Waals surface area contributed by atoms with Crippen LogP contribution >= 0.6 is 0 Å². The van der Waals surface area contributed by atoms with Gasteiger partial charge in [0.25, 0.3) is 0 Å². The fourth-order valence-corrected chi connectivity index (χ4v) is 2.84. The van der Waals surface area contributed by atoms with Gasteiger partial charge in [0, 0.05) is 10.9 Å². The number of methoxy groups -OCH3 is 1. The first-order chi connectivity index (χ1) is 12.2. The Bertz CT molecular complexity index is 1120. The van der Waals surface area contributed by atoms with E-state index in [0.29, 0.717) is 10.9 Å². The molecule has 2 aromatic carbocycles. The summed E-state index contributed by atoms with van der Waals surface area (Å²) < 4.78 is 4.62. The van der Waals surface area contributed by atoms with Crippen LogP contribution in [-0.2, 0) is 4.74 Å². The van der Waals surface area contributed by atoms with Crippen LogP contribution in [0.4, 0.5) is 0 Å². The lowest BCUT2D eigenvalue weighted by Gasteiger charge is -2.08. The molecular formula is C20H14N2O3. The number of aromatic hydroxyl groups is 1. The summed E-state index contributed by atoms with van der Waals surface area (Å²) in [6.45, 7) is 0. The van der Waals surface area contributed by atoms with E-state index in [1.54, 1.807) is 6.07 Å². The van der Waals surface area contributed by atoms with Gasteiger partial charge in [-0.1, -0.05) is 36.4 Å². The standard InChI is InChI=1S/C20H14N2O3/c1-25-20(24)18-19(23)15-8-9-16(22-17(15)11-21-18)14-7-6-12-4-2-3-5-13(12)10-14/h2-11,23H,1H3. The van der Waals surface area contributed by atoms with Crippen molar-refractivity contribution in [2.24, 2.45) is 0 Å². The molecule has 4 aromatic rings. The van der Waals surface area contributed by atoms with Gasteiger partial charge in [-0.2, -0.15) is 0 Å². The van der Waals surface area contributed by atoms with E-state index in [1.807, 2.05) is 30.3 Å². The van der Waals surface area contributed by atoms with Gasteiger partial charge < -0.3 is 9.84 Å². The number of nitrogens with zero attached hydrogens (tertiary/aromatic N) is 2. The molecule has 0 fully saturated rings. The molecular weight excluding hydrogens is 316 g/mol. The van der Waals surface area contributed by atoms with Crippen LogP contribution in [0, 0.1) is 0 Å². The first kappa shape index (κ1) is 15.1. The SMILES string of the molecule is COC(=O)c1ncc2nc(-c3ccc4ccccc4c3)ccc2c1O. The van der Waals surface area contributed by atoms with E-state index < -0.39 is 5.97 Å². The van der Waals surface area contributed by atoms with Crippen LogP contribution in [0.15, 0.2) is 60.8 Å². The molecule has 0 aliphatic rings. The molecule has 4 rings (SSSR count). The van der Waals surface area contributed by atoms with E-state index in [4.69, 9.17) is 0 Å². The lowest BCUT2D eigenvalue weighted by atomic mass is 10.0. The molecule has 0 amide bonds. The van der Waals surface area contributed by atoms with E-state index >= 15 is 0 Å². The highest BCUT2D eigenvalue weighted by molar-refractivity contribution is 5.98. The first-order valence-corrected chi connectivity index (χ1v) is 7.73. The number of aromatic nitrogens is 2. The van der Waals surface area contributed by atoms with Crippen molar-refractivity contribution in [2.45, 2.75) is 0 Å². The number of ether oxygens (including phenoxy) is 1. The predicted octanol–water partition coefficient (Wildman–Crippen LogP) is 3.94. The maximum atomic E-state index is 11.6. The fourth-order valence-electron chi connectivity index (χ4n) is 2.84. The highest BCUT2D eigenvalue weighted by Gasteiger charge is 2.17. The smallest absolute Gasteiger partial charge is 0.360 e. The quantitative estimate of drug-likeness (QED) is 0.564. The molecule has 0 atom stereocenters. The molecule has 0 aliphatic heterocycles. The first-order valence-electron chi connectivity index (χ1n) is 7.73. The second-order valence-corrected chi connectivity index (χ2v) is 5.64. The Morgan fingerprint density at radius 1 is 1.04 bits per heavy atom. The van der Waals surface area contributed by atoms with E-state index in [1.165, 1.54) is 13.3 Å². The van der Waals surface area contributed by atoms with Crippen LogP contribution in [0.1, 0.15) is 10.5 Å². The average molecular weight is 330 g/mol. The van der Waals surface area contributed by atoms with Gasteiger partial charge in [0.15, 0.2) is 11.4 Å². The third kappa shape index (κ3) is 2.55. The van der Waals surface area contributed by atoms with Crippen LogP contribution in [-0.4, -0.2) is 28.2 Å².